The highest BCUT2D eigenvalue weighted by molar-refractivity contribution is 5.87. The van der Waals surface area contributed by atoms with Gasteiger partial charge >= 0.3 is 5.97 Å². The topological polar surface area (TPSA) is 146 Å². The van der Waals surface area contributed by atoms with E-state index in [1.54, 1.807) is 19.9 Å². The first-order valence-corrected chi connectivity index (χ1v) is 14.5. The van der Waals surface area contributed by atoms with Crippen LogP contribution in [-0.4, -0.2) is 87.6 Å². The van der Waals surface area contributed by atoms with E-state index in [1.165, 1.54) is 5.57 Å². The Morgan fingerprint density at radius 2 is 1.80 bits per heavy atom. The van der Waals surface area contributed by atoms with Crippen LogP contribution in [0.3, 0.4) is 0 Å². The number of hydrogen-bond donors (Lipinski definition) is 5. The fourth-order valence-electron chi connectivity index (χ4n) is 7.35. The van der Waals surface area contributed by atoms with Gasteiger partial charge in [-0.1, -0.05) is 50.1 Å². The fourth-order valence-corrected chi connectivity index (χ4v) is 7.35. The van der Waals surface area contributed by atoms with Gasteiger partial charge in [0.2, 0.25) is 0 Å². The number of esters is 1. The number of aliphatic hydroxyl groups is 5. The van der Waals surface area contributed by atoms with Gasteiger partial charge < -0.3 is 39.7 Å². The van der Waals surface area contributed by atoms with E-state index in [2.05, 4.69) is 33.8 Å². The molecule has 3 rings (SSSR count). The Morgan fingerprint density at radius 3 is 2.40 bits per heavy atom. The van der Waals surface area contributed by atoms with E-state index in [9.17, 15) is 30.3 Å². The average molecular weight is 567 g/mol. The second kappa shape index (κ2) is 13.2. The van der Waals surface area contributed by atoms with Gasteiger partial charge in [-0.25, -0.2) is 4.79 Å². The van der Waals surface area contributed by atoms with Crippen LogP contribution in [0, 0.1) is 22.7 Å². The fraction of sp³-hybridized carbons (Fsp3) is 0.774. The maximum Gasteiger partial charge on any atom is 0.333 e. The molecule has 0 spiro atoms. The predicted molar refractivity (Wildman–Crippen MR) is 150 cm³/mol. The molecule has 228 valence electrons. The minimum atomic E-state index is -1.57. The van der Waals surface area contributed by atoms with Gasteiger partial charge in [0.05, 0.1) is 19.3 Å². The Kier molecular flexibility index (Phi) is 10.8. The van der Waals surface area contributed by atoms with Crippen molar-refractivity contribution >= 4 is 5.97 Å². The average Bonchev–Trinajstić information content (AvgIpc) is 2.89. The molecule has 9 nitrogen and oxygen atoms in total. The Balaban J connectivity index is 2.02. The van der Waals surface area contributed by atoms with Crippen molar-refractivity contribution in [3.63, 3.8) is 0 Å². The maximum atomic E-state index is 13.0. The summed E-state index contributed by atoms with van der Waals surface area (Å²) in [6.07, 6.45) is 0.374. The van der Waals surface area contributed by atoms with Crippen molar-refractivity contribution in [3.05, 3.63) is 34.9 Å². The molecule has 1 aliphatic heterocycles. The van der Waals surface area contributed by atoms with Crippen LogP contribution in [0.1, 0.15) is 74.1 Å². The van der Waals surface area contributed by atoms with Crippen LogP contribution in [0.2, 0.25) is 0 Å². The zero-order valence-electron chi connectivity index (χ0n) is 25.0. The summed E-state index contributed by atoms with van der Waals surface area (Å²) < 4.78 is 18.3. The highest BCUT2D eigenvalue weighted by Gasteiger charge is 2.61. The van der Waals surface area contributed by atoms with Gasteiger partial charge in [0.25, 0.3) is 0 Å². The van der Waals surface area contributed by atoms with Gasteiger partial charge in [-0.05, 0) is 70.6 Å². The molecule has 0 radical (unpaired) electrons. The molecule has 10 unspecified atom stereocenters. The summed E-state index contributed by atoms with van der Waals surface area (Å²) in [5.74, 6) is -0.105. The highest BCUT2D eigenvalue weighted by atomic mass is 16.7. The molecule has 0 aromatic carbocycles. The summed E-state index contributed by atoms with van der Waals surface area (Å²) in [6.45, 7) is 13.5. The smallest absolute Gasteiger partial charge is 0.333 e. The van der Waals surface area contributed by atoms with Gasteiger partial charge in [0.1, 0.15) is 30.5 Å². The van der Waals surface area contributed by atoms with E-state index < -0.39 is 60.9 Å². The van der Waals surface area contributed by atoms with Gasteiger partial charge in [-0.2, -0.15) is 0 Å². The van der Waals surface area contributed by atoms with Crippen molar-refractivity contribution in [3.8, 4) is 0 Å². The number of fused-ring (bicyclic) bond motifs is 1. The molecule has 1 saturated carbocycles. The third-order valence-corrected chi connectivity index (χ3v) is 9.84. The van der Waals surface area contributed by atoms with Gasteiger partial charge in [0, 0.05) is 11.0 Å². The Labute approximate surface area is 238 Å². The minimum Gasteiger partial charge on any atom is -0.456 e. The Morgan fingerprint density at radius 1 is 1.12 bits per heavy atom. The summed E-state index contributed by atoms with van der Waals surface area (Å²) in [6, 6.07) is 0. The lowest BCUT2D eigenvalue weighted by atomic mass is 9.46. The normalized spacial score (nSPS) is 40.3. The molecule has 2 aliphatic carbocycles. The predicted octanol–water partition coefficient (Wildman–Crippen LogP) is 2.79. The summed E-state index contributed by atoms with van der Waals surface area (Å²) in [4.78, 5) is 13.0. The number of carbonyl (C=O) groups excluding carboxylic acids is 1. The molecule has 0 amide bonds. The zero-order chi connectivity index (χ0) is 30.0. The van der Waals surface area contributed by atoms with Crippen molar-refractivity contribution in [2.24, 2.45) is 22.7 Å². The van der Waals surface area contributed by atoms with E-state index in [4.69, 9.17) is 14.2 Å². The van der Waals surface area contributed by atoms with Crippen LogP contribution >= 0.6 is 0 Å². The Bertz CT molecular complexity index is 983. The van der Waals surface area contributed by atoms with Crippen LogP contribution in [0.25, 0.3) is 0 Å². The largest absolute Gasteiger partial charge is 0.456 e. The summed E-state index contributed by atoms with van der Waals surface area (Å²) >= 11 is 0. The molecule has 0 aromatic heterocycles. The number of allylic oxidation sites excluding steroid dienone is 4. The van der Waals surface area contributed by atoms with Crippen LogP contribution in [0.5, 0.6) is 0 Å². The molecule has 1 saturated heterocycles. The number of ether oxygens (including phenoxy) is 3. The molecule has 2 fully saturated rings. The number of rotatable bonds is 9. The van der Waals surface area contributed by atoms with Crippen LogP contribution < -0.4 is 0 Å². The van der Waals surface area contributed by atoms with Crippen LogP contribution in [0.4, 0.5) is 0 Å². The molecule has 5 N–H and O–H groups in total. The van der Waals surface area contributed by atoms with Crippen molar-refractivity contribution in [2.75, 3.05) is 13.2 Å². The first kappa shape index (κ1) is 32.9. The van der Waals surface area contributed by atoms with Crippen LogP contribution in [-0.2, 0) is 19.0 Å². The van der Waals surface area contributed by atoms with Crippen molar-refractivity contribution in [1.29, 1.82) is 0 Å². The van der Waals surface area contributed by atoms with Crippen molar-refractivity contribution in [2.45, 2.75) is 117 Å². The van der Waals surface area contributed by atoms with E-state index in [1.807, 2.05) is 13.0 Å². The number of hydrogen-bond acceptors (Lipinski definition) is 9. The lowest BCUT2D eigenvalue weighted by molar-refractivity contribution is -0.331. The third kappa shape index (κ3) is 6.41. The molecule has 1 heterocycles. The lowest BCUT2D eigenvalue weighted by Crippen LogP contribution is -2.64. The summed E-state index contributed by atoms with van der Waals surface area (Å²) in [5, 5.41) is 50.5. The molecule has 9 heteroatoms. The number of aliphatic hydroxyl groups excluding tert-OH is 5. The SMILES string of the molecule is CC=C(C)C(=O)OC1C(OC2OC(CO)C(O)C(O)C2O)CC2(C)C(CCC(C)=CCO)C(C)=CCC2C1(C)C. The quantitative estimate of drug-likeness (QED) is 0.162. The van der Waals surface area contributed by atoms with E-state index >= 15 is 0 Å². The second-order valence-electron chi connectivity index (χ2n) is 12.8. The molecule has 0 bridgehead atoms. The molecular weight excluding hydrogens is 516 g/mol. The third-order valence-electron chi connectivity index (χ3n) is 9.84. The molecule has 40 heavy (non-hydrogen) atoms. The molecule has 3 aliphatic rings. The first-order chi connectivity index (χ1) is 18.7. The summed E-state index contributed by atoms with van der Waals surface area (Å²) in [5.41, 5.74) is 2.08. The van der Waals surface area contributed by atoms with E-state index in [0.29, 0.717) is 12.0 Å². The molecular formula is C31H50O9. The van der Waals surface area contributed by atoms with Gasteiger partial charge in [0.15, 0.2) is 6.29 Å². The molecule has 10 atom stereocenters. The van der Waals surface area contributed by atoms with Gasteiger partial charge in [-0.15, -0.1) is 0 Å². The lowest BCUT2D eigenvalue weighted by Gasteiger charge is -2.61. The maximum absolute atomic E-state index is 13.0. The van der Waals surface area contributed by atoms with Crippen LogP contribution in [0.15, 0.2) is 34.9 Å². The number of carbonyl (C=O) groups is 1. The molecule has 0 aromatic rings. The van der Waals surface area contributed by atoms with E-state index in [-0.39, 0.29) is 23.9 Å². The zero-order valence-corrected chi connectivity index (χ0v) is 25.0. The second-order valence-corrected chi connectivity index (χ2v) is 12.8. The van der Waals surface area contributed by atoms with E-state index in [0.717, 1.165) is 24.8 Å². The highest BCUT2D eigenvalue weighted by Crippen LogP contribution is 2.62. The van der Waals surface area contributed by atoms with Gasteiger partial charge in [-0.3, -0.25) is 0 Å². The minimum absolute atomic E-state index is 0.00588. The first-order valence-electron chi connectivity index (χ1n) is 14.5. The standard InChI is InChI=1S/C31H50O9/c1-8-18(3)28(37)40-27-21(38-29-26(36)25(35)24(34)22(16-33)39-29)15-31(7)20(11-9-17(2)13-14-32)19(4)10-12-23(31)30(27,5)6/h8,10,13,20-27,29,32-36H,9,11-12,14-16H2,1-7H3. The van der Waals surface area contributed by atoms with Crippen molar-refractivity contribution in [1.82, 2.24) is 0 Å². The monoisotopic (exact) mass is 566 g/mol. The van der Waals surface area contributed by atoms with Crippen molar-refractivity contribution < 1.29 is 44.5 Å². The Hall–Kier alpha value is -1.59. The summed E-state index contributed by atoms with van der Waals surface area (Å²) in [7, 11) is 0.